The molecule has 0 unspecified atom stereocenters. The maximum absolute atomic E-state index is 14.8. The molecule has 2 aromatic heterocycles. The molecule has 4 rings (SSSR count). The summed E-state index contributed by atoms with van der Waals surface area (Å²) < 4.78 is 62.2. The van der Waals surface area contributed by atoms with Gasteiger partial charge in [-0.15, -0.1) is 13.2 Å². The maximum atomic E-state index is 14.8. The van der Waals surface area contributed by atoms with Crippen LogP contribution in [0.4, 0.5) is 23.4 Å². The van der Waals surface area contributed by atoms with Crippen molar-refractivity contribution in [2.75, 3.05) is 11.4 Å². The Morgan fingerprint density at radius 2 is 1.97 bits per heavy atom. The van der Waals surface area contributed by atoms with Crippen molar-refractivity contribution in [2.24, 2.45) is 5.73 Å². The lowest BCUT2D eigenvalue weighted by Crippen LogP contribution is -2.46. The van der Waals surface area contributed by atoms with Gasteiger partial charge in [-0.2, -0.15) is 4.98 Å². The summed E-state index contributed by atoms with van der Waals surface area (Å²) in [6.45, 7) is 5.87. The molecule has 0 amide bonds. The van der Waals surface area contributed by atoms with Crippen LogP contribution in [0.25, 0.3) is 22.4 Å². The molecule has 166 valence electrons. The fourth-order valence-corrected chi connectivity index (χ4v) is 4.02. The highest BCUT2D eigenvalue weighted by Gasteiger charge is 2.33. The Kier molecular flexibility index (Phi) is 5.24. The van der Waals surface area contributed by atoms with Gasteiger partial charge in [-0.25, -0.2) is 9.37 Å². The molecule has 7 nitrogen and oxygen atoms in total. The summed E-state index contributed by atoms with van der Waals surface area (Å²) >= 11 is 0. The highest BCUT2D eigenvalue weighted by Crippen LogP contribution is 2.40. The molecule has 1 saturated heterocycles. The lowest BCUT2D eigenvalue weighted by atomic mass is 9.96. The van der Waals surface area contributed by atoms with E-state index >= 15 is 0 Å². The average molecular weight is 439 g/mol. The summed E-state index contributed by atoms with van der Waals surface area (Å²) in [6, 6.07) is 1.84. The van der Waals surface area contributed by atoms with Crippen LogP contribution in [0.5, 0.6) is 5.75 Å². The molecule has 1 aliphatic rings. The van der Waals surface area contributed by atoms with Crippen molar-refractivity contribution < 1.29 is 26.8 Å². The van der Waals surface area contributed by atoms with Crippen molar-refractivity contribution in [1.82, 2.24) is 15.1 Å². The molecule has 0 bridgehead atoms. The zero-order valence-electron chi connectivity index (χ0n) is 17.1. The number of rotatable bonds is 3. The minimum Gasteiger partial charge on any atom is -0.406 e. The molecule has 3 aromatic rings. The molecule has 0 radical (unpaired) electrons. The fraction of sp³-hybridized carbons (Fsp3) is 0.450. The first-order valence-corrected chi connectivity index (χ1v) is 9.76. The zero-order valence-corrected chi connectivity index (χ0v) is 17.1. The van der Waals surface area contributed by atoms with Crippen LogP contribution in [0.15, 0.2) is 16.7 Å². The number of hydrogen-bond donors (Lipinski definition) is 1. The number of benzene rings is 1. The van der Waals surface area contributed by atoms with Gasteiger partial charge in [0.1, 0.15) is 17.1 Å². The van der Waals surface area contributed by atoms with Gasteiger partial charge in [0.2, 0.25) is 0 Å². The van der Waals surface area contributed by atoms with Crippen LogP contribution < -0.4 is 15.4 Å². The van der Waals surface area contributed by atoms with Crippen molar-refractivity contribution in [3.05, 3.63) is 29.3 Å². The lowest BCUT2D eigenvalue weighted by Gasteiger charge is -2.38. The average Bonchev–Trinajstić information content (AvgIpc) is 3.07. The van der Waals surface area contributed by atoms with Gasteiger partial charge >= 0.3 is 6.36 Å². The van der Waals surface area contributed by atoms with E-state index in [1.165, 1.54) is 0 Å². The summed E-state index contributed by atoms with van der Waals surface area (Å²) in [4.78, 5) is 10.8. The molecule has 3 heterocycles. The molecule has 0 spiro atoms. The number of halogens is 4. The number of anilines is 1. The lowest BCUT2D eigenvalue weighted by molar-refractivity contribution is -0.274. The minimum absolute atomic E-state index is 0.00626. The Morgan fingerprint density at radius 3 is 2.58 bits per heavy atom. The summed E-state index contributed by atoms with van der Waals surface area (Å²) in [5.74, 6) is -0.620. The monoisotopic (exact) mass is 439 g/mol. The summed E-state index contributed by atoms with van der Waals surface area (Å²) in [6.07, 6.45) is -3.52. The van der Waals surface area contributed by atoms with Gasteiger partial charge in [-0.3, -0.25) is 0 Å². The van der Waals surface area contributed by atoms with Crippen molar-refractivity contribution in [3.63, 3.8) is 0 Å². The number of ether oxygens (including phenoxy) is 1. The number of aryl methyl sites for hydroxylation is 2. The van der Waals surface area contributed by atoms with Gasteiger partial charge < -0.3 is 19.9 Å². The first-order chi connectivity index (χ1) is 14.5. The topological polar surface area (TPSA) is 90.3 Å². The highest BCUT2D eigenvalue weighted by molar-refractivity contribution is 5.93. The van der Waals surface area contributed by atoms with Crippen molar-refractivity contribution in [1.29, 1.82) is 0 Å². The second-order valence-electron chi connectivity index (χ2n) is 7.76. The molecule has 31 heavy (non-hydrogen) atoms. The Labute approximate surface area is 175 Å². The van der Waals surface area contributed by atoms with E-state index in [2.05, 4.69) is 19.9 Å². The number of nitrogens with two attached hydrogens (primary N) is 1. The summed E-state index contributed by atoms with van der Waals surface area (Å²) in [5.41, 5.74) is 6.91. The molecule has 2 atom stereocenters. The van der Waals surface area contributed by atoms with E-state index in [1.807, 2.05) is 11.8 Å². The molecule has 2 N–H and O–H groups in total. The second-order valence-corrected chi connectivity index (χ2v) is 7.76. The van der Waals surface area contributed by atoms with E-state index < -0.39 is 17.9 Å². The zero-order chi connectivity index (χ0) is 22.5. The first-order valence-electron chi connectivity index (χ1n) is 9.76. The van der Waals surface area contributed by atoms with E-state index in [0.717, 1.165) is 6.07 Å². The number of fused-ring (bicyclic) bond motifs is 1. The van der Waals surface area contributed by atoms with Gasteiger partial charge in [0.15, 0.2) is 11.6 Å². The van der Waals surface area contributed by atoms with E-state index in [0.29, 0.717) is 48.2 Å². The molecule has 0 saturated carbocycles. The first kappa shape index (κ1) is 21.3. The van der Waals surface area contributed by atoms with Crippen LogP contribution in [0, 0.1) is 19.7 Å². The van der Waals surface area contributed by atoms with E-state index in [1.54, 1.807) is 13.8 Å². The van der Waals surface area contributed by atoms with Crippen LogP contribution in [-0.2, 0) is 0 Å². The minimum atomic E-state index is -4.95. The van der Waals surface area contributed by atoms with Gasteiger partial charge in [0, 0.05) is 30.1 Å². The smallest absolute Gasteiger partial charge is 0.406 e. The molecule has 1 aliphatic heterocycles. The Balaban J connectivity index is 1.96. The van der Waals surface area contributed by atoms with Crippen LogP contribution in [0.2, 0.25) is 0 Å². The van der Waals surface area contributed by atoms with Crippen molar-refractivity contribution in [3.8, 4) is 17.2 Å². The third-order valence-corrected chi connectivity index (χ3v) is 5.42. The predicted molar refractivity (Wildman–Crippen MR) is 105 cm³/mol. The largest absolute Gasteiger partial charge is 0.573 e. The Hall–Kier alpha value is -2.95. The molecule has 1 fully saturated rings. The standard InChI is InChI=1S/C20H21F4N5O2/c1-9-6-12(25)4-5-29(9)18-16(19-26-11(3)28-31-19)10(2)14-7-13(30-20(22,23)24)8-15(21)17(14)27-18/h7-9,12H,4-6,25H2,1-3H3/t9-,12-/m1/s1. The number of hydrogen-bond acceptors (Lipinski definition) is 7. The van der Waals surface area contributed by atoms with Crippen LogP contribution in [-0.4, -0.2) is 40.1 Å². The highest BCUT2D eigenvalue weighted by atomic mass is 19.4. The number of alkyl halides is 3. The van der Waals surface area contributed by atoms with E-state index in [9.17, 15) is 17.6 Å². The number of nitrogens with zero attached hydrogens (tertiary/aromatic N) is 4. The third kappa shape index (κ3) is 4.14. The predicted octanol–water partition coefficient (Wildman–Crippen LogP) is 4.26. The van der Waals surface area contributed by atoms with Gasteiger partial charge in [0.05, 0.1) is 5.56 Å². The number of piperidine rings is 1. The Bertz CT molecular complexity index is 1130. The summed E-state index contributed by atoms with van der Waals surface area (Å²) in [7, 11) is 0. The van der Waals surface area contributed by atoms with E-state index in [-0.39, 0.29) is 28.9 Å². The second kappa shape index (κ2) is 7.63. The summed E-state index contributed by atoms with van der Waals surface area (Å²) in [5, 5.41) is 3.98. The number of aromatic nitrogens is 3. The Morgan fingerprint density at radius 1 is 1.23 bits per heavy atom. The van der Waals surface area contributed by atoms with Crippen LogP contribution >= 0.6 is 0 Å². The fourth-order valence-electron chi connectivity index (χ4n) is 4.02. The van der Waals surface area contributed by atoms with Crippen LogP contribution in [0.3, 0.4) is 0 Å². The van der Waals surface area contributed by atoms with Gasteiger partial charge in [-0.1, -0.05) is 5.16 Å². The van der Waals surface area contributed by atoms with Gasteiger partial charge in [0.25, 0.3) is 5.89 Å². The van der Waals surface area contributed by atoms with Crippen molar-refractivity contribution >= 4 is 16.7 Å². The molecule has 11 heteroatoms. The number of pyridine rings is 1. The van der Waals surface area contributed by atoms with Crippen LogP contribution in [0.1, 0.15) is 31.2 Å². The maximum Gasteiger partial charge on any atom is 0.573 e. The third-order valence-electron chi connectivity index (χ3n) is 5.42. The normalized spacial score (nSPS) is 19.8. The molecule has 0 aliphatic carbocycles. The molecular formula is C20H21F4N5O2. The van der Waals surface area contributed by atoms with E-state index in [4.69, 9.17) is 10.3 Å². The SMILES string of the molecule is Cc1noc(-c2c(N3CC[C@@H](N)C[C@H]3C)nc3c(F)cc(OC(F)(F)F)cc3c2C)n1. The quantitative estimate of drug-likeness (QED) is 0.610. The van der Waals surface area contributed by atoms with Gasteiger partial charge in [-0.05, 0) is 45.2 Å². The molecular weight excluding hydrogens is 418 g/mol. The molecule has 1 aromatic carbocycles. The van der Waals surface area contributed by atoms with Crippen molar-refractivity contribution in [2.45, 2.75) is 52.1 Å².